The molecule has 1 aliphatic rings. The monoisotopic (exact) mass is 227 g/mol. The molecule has 3 N–H and O–H groups in total. The van der Waals surface area contributed by atoms with E-state index in [4.69, 9.17) is 5.73 Å². The Kier molecular flexibility index (Phi) is 2.95. The van der Waals surface area contributed by atoms with E-state index in [0.29, 0.717) is 19.3 Å². The van der Waals surface area contributed by atoms with Crippen LogP contribution in [0.1, 0.15) is 24.8 Å². The van der Waals surface area contributed by atoms with Gasteiger partial charge in [-0.2, -0.15) is 0 Å². The molecule has 1 saturated carbocycles. The molecule has 0 aliphatic heterocycles. The minimum atomic E-state index is -1.05. The van der Waals surface area contributed by atoms with Crippen LogP contribution < -0.4 is 5.73 Å². The fourth-order valence-electron chi connectivity index (χ4n) is 2.34. The van der Waals surface area contributed by atoms with Crippen molar-refractivity contribution in [1.82, 2.24) is 0 Å². The second-order valence-corrected chi connectivity index (χ2v) is 4.60. The molecule has 0 spiro atoms. The van der Waals surface area contributed by atoms with E-state index in [9.17, 15) is 13.9 Å². The fraction of sp³-hybridized carbons (Fsp3) is 0.500. The molecule has 2 unspecified atom stereocenters. The average Bonchev–Trinajstić information content (AvgIpc) is 2.53. The first-order valence-corrected chi connectivity index (χ1v) is 5.41. The lowest BCUT2D eigenvalue weighted by Crippen LogP contribution is -2.31. The second-order valence-electron chi connectivity index (χ2n) is 4.60. The van der Waals surface area contributed by atoms with E-state index in [1.165, 1.54) is 18.2 Å². The first-order valence-electron chi connectivity index (χ1n) is 5.41. The lowest BCUT2D eigenvalue weighted by Gasteiger charge is -2.22. The van der Waals surface area contributed by atoms with Gasteiger partial charge in [0.05, 0.1) is 5.60 Å². The number of nitrogens with two attached hydrogens (primary N) is 1. The highest BCUT2D eigenvalue weighted by Gasteiger charge is 2.37. The van der Waals surface area contributed by atoms with Gasteiger partial charge in [-0.05, 0) is 31.4 Å². The van der Waals surface area contributed by atoms with Crippen molar-refractivity contribution in [2.75, 3.05) is 0 Å². The number of hydrogen-bond acceptors (Lipinski definition) is 2. The van der Waals surface area contributed by atoms with Crippen LogP contribution in [0.25, 0.3) is 0 Å². The van der Waals surface area contributed by atoms with Gasteiger partial charge in [0.1, 0.15) is 11.6 Å². The molecule has 0 aromatic heterocycles. The zero-order chi connectivity index (χ0) is 11.8. The quantitative estimate of drug-likeness (QED) is 0.808. The molecule has 0 radical (unpaired) electrons. The molecule has 88 valence electrons. The largest absolute Gasteiger partial charge is 0.389 e. The van der Waals surface area contributed by atoms with Crippen LogP contribution in [0.2, 0.25) is 0 Å². The van der Waals surface area contributed by atoms with Crippen LogP contribution in [-0.2, 0) is 6.42 Å². The maximum Gasteiger partial charge on any atom is 0.129 e. The van der Waals surface area contributed by atoms with Crippen molar-refractivity contribution in [3.05, 3.63) is 35.4 Å². The van der Waals surface area contributed by atoms with Gasteiger partial charge in [-0.25, -0.2) is 8.78 Å². The molecular formula is C12H15F2NO. The van der Waals surface area contributed by atoms with Crippen molar-refractivity contribution in [3.63, 3.8) is 0 Å². The molecule has 0 bridgehead atoms. The Labute approximate surface area is 93.1 Å². The molecule has 2 atom stereocenters. The van der Waals surface area contributed by atoms with E-state index < -0.39 is 17.2 Å². The molecule has 0 saturated heterocycles. The number of hydrogen-bond donors (Lipinski definition) is 2. The predicted molar refractivity (Wildman–Crippen MR) is 56.8 cm³/mol. The van der Waals surface area contributed by atoms with Gasteiger partial charge in [-0.3, -0.25) is 0 Å². The summed E-state index contributed by atoms with van der Waals surface area (Å²) in [7, 11) is 0. The Hall–Kier alpha value is -1.00. The van der Waals surface area contributed by atoms with Gasteiger partial charge in [0, 0.05) is 18.0 Å². The Morgan fingerprint density at radius 1 is 1.38 bits per heavy atom. The Bertz CT molecular complexity index is 376. The van der Waals surface area contributed by atoms with E-state index in [0.717, 1.165) is 0 Å². The van der Waals surface area contributed by atoms with Gasteiger partial charge in [0.2, 0.25) is 0 Å². The fourth-order valence-corrected chi connectivity index (χ4v) is 2.34. The summed E-state index contributed by atoms with van der Waals surface area (Å²) in [4.78, 5) is 0. The third-order valence-electron chi connectivity index (χ3n) is 3.19. The van der Waals surface area contributed by atoms with Crippen molar-refractivity contribution < 1.29 is 13.9 Å². The van der Waals surface area contributed by atoms with Gasteiger partial charge >= 0.3 is 0 Å². The summed E-state index contributed by atoms with van der Waals surface area (Å²) >= 11 is 0. The van der Waals surface area contributed by atoms with Crippen molar-refractivity contribution >= 4 is 0 Å². The van der Waals surface area contributed by atoms with E-state index in [1.54, 1.807) is 0 Å². The molecular weight excluding hydrogens is 212 g/mol. The highest BCUT2D eigenvalue weighted by molar-refractivity contribution is 5.22. The summed E-state index contributed by atoms with van der Waals surface area (Å²) in [5.74, 6) is -1.21. The second kappa shape index (κ2) is 4.11. The number of halogens is 2. The van der Waals surface area contributed by atoms with Crippen LogP contribution in [-0.4, -0.2) is 16.7 Å². The first kappa shape index (κ1) is 11.5. The zero-order valence-electron chi connectivity index (χ0n) is 8.92. The minimum Gasteiger partial charge on any atom is -0.389 e. The molecule has 0 amide bonds. The lowest BCUT2D eigenvalue weighted by atomic mass is 9.92. The average molecular weight is 227 g/mol. The third-order valence-corrected chi connectivity index (χ3v) is 3.19. The molecule has 4 heteroatoms. The Morgan fingerprint density at radius 3 is 2.50 bits per heavy atom. The third kappa shape index (κ3) is 2.23. The topological polar surface area (TPSA) is 46.2 Å². The predicted octanol–water partition coefficient (Wildman–Crippen LogP) is 1.75. The highest BCUT2D eigenvalue weighted by Crippen LogP contribution is 2.33. The van der Waals surface area contributed by atoms with Gasteiger partial charge in [0.25, 0.3) is 0 Å². The van der Waals surface area contributed by atoms with E-state index in [2.05, 4.69) is 0 Å². The molecule has 1 aromatic carbocycles. The standard InChI is InChI=1S/C12H15F2NO/c13-10-2-1-3-11(14)9(10)7-12(16)5-4-8(15)6-12/h1-3,8,16H,4-7,15H2. The molecule has 1 aliphatic carbocycles. The number of rotatable bonds is 2. The van der Waals surface area contributed by atoms with Gasteiger partial charge < -0.3 is 10.8 Å². The van der Waals surface area contributed by atoms with Crippen LogP contribution in [0, 0.1) is 11.6 Å². The van der Waals surface area contributed by atoms with Crippen molar-refractivity contribution in [3.8, 4) is 0 Å². The Morgan fingerprint density at radius 2 is 2.00 bits per heavy atom. The van der Waals surface area contributed by atoms with E-state index >= 15 is 0 Å². The normalized spacial score (nSPS) is 29.6. The van der Waals surface area contributed by atoms with Crippen molar-refractivity contribution in [2.24, 2.45) is 5.73 Å². The number of benzene rings is 1. The maximum absolute atomic E-state index is 13.4. The van der Waals surface area contributed by atoms with Crippen LogP contribution in [0.3, 0.4) is 0 Å². The van der Waals surface area contributed by atoms with E-state index in [1.807, 2.05) is 0 Å². The molecule has 2 nitrogen and oxygen atoms in total. The summed E-state index contributed by atoms with van der Waals surface area (Å²) in [5, 5.41) is 10.2. The smallest absolute Gasteiger partial charge is 0.129 e. The SMILES string of the molecule is NC1CCC(O)(Cc2c(F)cccc2F)C1. The van der Waals surface area contributed by atoms with Crippen LogP contribution >= 0.6 is 0 Å². The first-order chi connectivity index (χ1) is 7.50. The number of aliphatic hydroxyl groups is 1. The van der Waals surface area contributed by atoms with Gasteiger partial charge in [0.15, 0.2) is 0 Å². The van der Waals surface area contributed by atoms with Crippen molar-refractivity contribution in [1.29, 1.82) is 0 Å². The molecule has 2 rings (SSSR count). The molecule has 1 fully saturated rings. The van der Waals surface area contributed by atoms with Crippen LogP contribution in [0.4, 0.5) is 8.78 Å². The maximum atomic E-state index is 13.4. The summed E-state index contributed by atoms with van der Waals surface area (Å²) < 4.78 is 26.8. The Balaban J connectivity index is 2.21. The minimum absolute atomic E-state index is 0.000787. The lowest BCUT2D eigenvalue weighted by molar-refractivity contribution is 0.0451. The summed E-state index contributed by atoms with van der Waals surface area (Å²) in [6.07, 6.45) is 1.61. The summed E-state index contributed by atoms with van der Waals surface area (Å²) in [5.41, 5.74) is 4.60. The van der Waals surface area contributed by atoms with Gasteiger partial charge in [-0.15, -0.1) is 0 Å². The summed E-state index contributed by atoms with van der Waals surface area (Å²) in [6.45, 7) is 0. The molecule has 0 heterocycles. The summed E-state index contributed by atoms with van der Waals surface area (Å²) in [6, 6.07) is 3.66. The molecule has 1 aromatic rings. The highest BCUT2D eigenvalue weighted by atomic mass is 19.1. The van der Waals surface area contributed by atoms with Gasteiger partial charge in [-0.1, -0.05) is 6.07 Å². The van der Waals surface area contributed by atoms with Crippen LogP contribution in [0.5, 0.6) is 0 Å². The zero-order valence-corrected chi connectivity index (χ0v) is 8.92. The van der Waals surface area contributed by atoms with Crippen LogP contribution in [0.15, 0.2) is 18.2 Å². The van der Waals surface area contributed by atoms with E-state index in [-0.39, 0.29) is 18.0 Å². The molecule has 16 heavy (non-hydrogen) atoms. The van der Waals surface area contributed by atoms with Crippen molar-refractivity contribution in [2.45, 2.75) is 37.3 Å².